The average molecular weight is 1420 g/mol. The van der Waals surface area contributed by atoms with Crippen molar-refractivity contribution in [2.24, 2.45) is 33.5 Å². The normalized spacial score (nSPS) is 14.0. The van der Waals surface area contributed by atoms with Crippen molar-refractivity contribution in [3.8, 4) is 22.5 Å². The van der Waals surface area contributed by atoms with Gasteiger partial charge in [-0.25, -0.2) is 0 Å². The Morgan fingerprint density at radius 3 is 1.43 bits per heavy atom. The van der Waals surface area contributed by atoms with E-state index in [1.54, 1.807) is 6.92 Å². The van der Waals surface area contributed by atoms with E-state index < -0.39 is 24.3 Å². The van der Waals surface area contributed by atoms with Gasteiger partial charge in [0.05, 0.1) is 14.9 Å². The molecule has 0 aliphatic carbocycles. The number of rotatable bonds is 11. The third-order valence-corrected chi connectivity index (χ3v) is 19.2. The van der Waals surface area contributed by atoms with Crippen LogP contribution >= 0.6 is 23.5 Å². The molecule has 0 amide bonds. The van der Waals surface area contributed by atoms with Gasteiger partial charge in [-0.2, -0.15) is 13.2 Å². The summed E-state index contributed by atoms with van der Waals surface area (Å²) in [6, 6.07) is 45.1. The van der Waals surface area contributed by atoms with Crippen LogP contribution in [0.4, 0.5) is 13.2 Å². The van der Waals surface area contributed by atoms with E-state index in [9.17, 15) is 23.1 Å². The molecule has 2 aromatic heterocycles. The molecule has 90 heavy (non-hydrogen) atoms. The fraction of sp³-hybridized carbons (Fsp3) is 0.388. The number of carbonyl (C=O) groups is 1. The number of nitrogens with zero attached hydrogens (tertiary/aromatic N) is 2. The van der Waals surface area contributed by atoms with E-state index in [4.69, 9.17) is 12.7 Å². The van der Waals surface area contributed by atoms with E-state index in [1.165, 1.54) is 79.7 Å². The van der Waals surface area contributed by atoms with Gasteiger partial charge in [-0.05, 0) is 162 Å². The molecular formula is C80H87F3IrN2O2S2-2. The third kappa shape index (κ3) is 15.4. The molecular weight excluding hydrogens is 1330 g/mol. The molecule has 0 saturated carbocycles. The standard InChI is InChI=1S/C34H34NS.C33H32NS.C13H21F3O2.Ir/c1-20-8-10-25-22(14-20)16-27-31-30-26(12-13-35-31)24-11-9-21(18-33(2,3)4)15-23(24)17-29(30)36-32(27)28(25)19-34(5,6)7;1-32(2,3)18-20-11-12-24-22(15-20)17-28-29-25(24)13-14-34-30(29)26-16-21-9-7-8-10-23(21)27(31(26)35-28)19-33(4,5)6;1-4-9(5-2)11(17)7-12(18)10(6-3)8-13(14,15)16;/h8-15,17H,18-19H2,1-7H3;7-15,17H,18-19H2,1-6H3;7,9-10,18H,4-6,8H2,1-3H3;/q2*-1;;/b;;12-7-;/i13D;14D;;. The van der Waals surface area contributed by atoms with Crippen molar-refractivity contribution in [1.82, 2.24) is 9.97 Å². The number of ketones is 1. The predicted molar refractivity (Wildman–Crippen MR) is 372 cm³/mol. The van der Waals surface area contributed by atoms with Crippen molar-refractivity contribution in [2.45, 2.75) is 188 Å². The van der Waals surface area contributed by atoms with Crippen molar-refractivity contribution in [3.63, 3.8) is 0 Å². The number of hydrogen-bond donors (Lipinski definition) is 1. The number of pyridine rings is 2. The summed E-state index contributed by atoms with van der Waals surface area (Å²) in [6.45, 7) is 34.9. The number of aliphatic hydroxyl groups is 1. The minimum Gasteiger partial charge on any atom is -0.512 e. The summed E-state index contributed by atoms with van der Waals surface area (Å²) in [5, 5.41) is 23.9. The van der Waals surface area contributed by atoms with Gasteiger partial charge in [0.1, 0.15) is 0 Å². The topological polar surface area (TPSA) is 63.1 Å². The number of aliphatic hydroxyl groups excluding tert-OH is 1. The second-order valence-electron chi connectivity index (χ2n) is 29.7. The molecule has 12 rings (SSSR count). The fourth-order valence-corrected chi connectivity index (χ4v) is 15.5. The van der Waals surface area contributed by atoms with Gasteiger partial charge in [0.2, 0.25) is 0 Å². The predicted octanol–water partition coefficient (Wildman–Crippen LogP) is 24.0. The van der Waals surface area contributed by atoms with Crippen LogP contribution in [0, 0.1) is 52.6 Å². The van der Waals surface area contributed by atoms with Crippen LogP contribution in [0.25, 0.3) is 87.1 Å². The third-order valence-electron chi connectivity index (χ3n) is 16.8. The molecule has 8 aromatic carbocycles. The van der Waals surface area contributed by atoms with Crippen LogP contribution in [-0.2, 0) is 50.6 Å². The molecule has 1 atom stereocenters. The zero-order valence-corrected chi connectivity index (χ0v) is 59.3. The van der Waals surface area contributed by atoms with Gasteiger partial charge < -0.3 is 5.11 Å². The Bertz CT molecular complexity index is 4520. The molecule has 2 aliphatic heterocycles. The van der Waals surface area contributed by atoms with Crippen molar-refractivity contribution in [1.29, 1.82) is 0 Å². The van der Waals surface area contributed by atoms with E-state index in [0.29, 0.717) is 25.2 Å². The Balaban J connectivity index is 0.000000173. The Labute approximate surface area is 557 Å². The molecule has 473 valence electrons. The molecule has 4 nitrogen and oxygen atoms in total. The number of alkyl halides is 3. The first kappa shape index (κ1) is 65.5. The number of aryl methyl sites for hydroxylation is 1. The molecule has 0 spiro atoms. The molecule has 4 heterocycles. The van der Waals surface area contributed by atoms with E-state index >= 15 is 0 Å². The van der Waals surface area contributed by atoms with Gasteiger partial charge in [0.15, 0.2) is 5.78 Å². The smallest absolute Gasteiger partial charge is 0.389 e. The van der Waals surface area contributed by atoms with Crippen molar-refractivity contribution in [3.05, 3.63) is 167 Å². The monoisotopic (exact) mass is 1420 g/mol. The molecule has 1 radical (unpaired) electrons. The maximum atomic E-state index is 12.3. The minimum atomic E-state index is -4.33. The van der Waals surface area contributed by atoms with Gasteiger partial charge in [0, 0.05) is 71.5 Å². The van der Waals surface area contributed by atoms with Gasteiger partial charge in [-0.15, -0.1) is 58.6 Å². The van der Waals surface area contributed by atoms with E-state index in [-0.39, 0.29) is 59.9 Å². The van der Waals surface area contributed by atoms with Crippen LogP contribution in [0.2, 0.25) is 0 Å². The first-order valence-corrected chi connectivity index (χ1v) is 33.3. The second-order valence-corrected chi connectivity index (χ2v) is 31.8. The van der Waals surface area contributed by atoms with Crippen LogP contribution in [0.1, 0.15) is 160 Å². The molecule has 0 fully saturated rings. The Morgan fingerprint density at radius 1 is 0.556 bits per heavy atom. The zero-order chi connectivity index (χ0) is 66.0. The SMILES string of the molecule is CCC(CC)C(=O)/C=C(\O)C(CC)CC(F)(F)F.[2H]c1cc2c3c(cc4cc(CC(C)(C)C)ccc42)Sc2c([c-]c4cc(C)ccc4c2CC(C)(C)C)-c3n1.[2H]c1cc2c3c(cc4cc(CC(C)(C)C)ccc42)Sc2c([c-]c4ccccc4c2CC(C)(C)C)-c3n1.[Ir]. The van der Waals surface area contributed by atoms with E-state index in [2.05, 4.69) is 193 Å². The largest absolute Gasteiger partial charge is 0.512 e. The van der Waals surface area contributed by atoms with Gasteiger partial charge in [-0.1, -0.05) is 209 Å². The summed E-state index contributed by atoms with van der Waals surface area (Å²) >= 11 is 3.73. The van der Waals surface area contributed by atoms with Crippen molar-refractivity contribution < 1.29 is 45.9 Å². The van der Waals surface area contributed by atoms with Crippen LogP contribution in [0.5, 0.6) is 0 Å². The van der Waals surface area contributed by atoms with E-state index in [1.807, 2.05) is 49.5 Å². The minimum absolute atomic E-state index is 0. The molecule has 1 unspecified atom stereocenters. The Hall–Kier alpha value is -6.03. The molecule has 2 aliphatic rings. The van der Waals surface area contributed by atoms with Gasteiger partial charge in [0.25, 0.3) is 0 Å². The van der Waals surface area contributed by atoms with Crippen LogP contribution in [0.3, 0.4) is 0 Å². The number of hydrogen-bond acceptors (Lipinski definition) is 6. The van der Waals surface area contributed by atoms with Crippen LogP contribution < -0.4 is 0 Å². The number of allylic oxidation sites excluding steroid dienone is 2. The number of aromatic nitrogens is 2. The second kappa shape index (κ2) is 26.5. The maximum Gasteiger partial charge on any atom is 0.389 e. The molecule has 1 N–H and O–H groups in total. The first-order chi connectivity index (χ1) is 42.6. The molecule has 0 saturated heterocycles. The van der Waals surface area contributed by atoms with Gasteiger partial charge >= 0.3 is 6.18 Å². The summed E-state index contributed by atoms with van der Waals surface area (Å²) < 4.78 is 54.1. The summed E-state index contributed by atoms with van der Waals surface area (Å²) in [4.78, 5) is 26.3. The summed E-state index contributed by atoms with van der Waals surface area (Å²) in [5.74, 6) is -2.00. The maximum absolute atomic E-state index is 12.3. The van der Waals surface area contributed by atoms with Gasteiger partial charge in [-0.3, -0.25) is 14.8 Å². The fourth-order valence-electron chi connectivity index (χ4n) is 12.9. The Morgan fingerprint density at radius 2 is 0.989 bits per heavy atom. The summed E-state index contributed by atoms with van der Waals surface area (Å²) in [7, 11) is 0. The van der Waals surface area contributed by atoms with E-state index in [0.717, 1.165) is 86.6 Å². The van der Waals surface area contributed by atoms with Crippen LogP contribution in [-0.4, -0.2) is 27.0 Å². The Kier molecular flexibility index (Phi) is 19.3. The molecule has 10 aromatic rings. The number of fused-ring (bicyclic) bond motifs is 10. The first-order valence-electron chi connectivity index (χ1n) is 32.6. The van der Waals surface area contributed by atoms with Crippen molar-refractivity contribution >= 4 is 93.9 Å². The van der Waals surface area contributed by atoms with Crippen molar-refractivity contribution in [2.75, 3.05) is 0 Å². The summed E-state index contributed by atoms with van der Waals surface area (Å²) in [6.07, 6.45) is 1.57. The van der Waals surface area contributed by atoms with Crippen LogP contribution in [0.15, 0.2) is 147 Å². The number of halogens is 3. The number of carbonyl (C=O) groups excluding carboxylic acids is 1. The average Bonchev–Trinajstić information content (AvgIpc) is 0.724. The summed E-state index contributed by atoms with van der Waals surface area (Å²) in [5.41, 5.74) is 11.4. The molecule has 10 heteroatoms. The molecule has 0 bridgehead atoms. The zero-order valence-electron chi connectivity index (χ0n) is 57.2. The number of benzene rings is 8. The quantitative estimate of drug-likeness (QED) is 0.0603.